The van der Waals surface area contributed by atoms with E-state index < -0.39 is 8.07 Å². The molecule has 6 aromatic rings. The van der Waals surface area contributed by atoms with Crippen LogP contribution in [0.1, 0.15) is 5.56 Å². The van der Waals surface area contributed by atoms with Crippen molar-refractivity contribution in [1.82, 2.24) is 0 Å². The Labute approximate surface area is 201 Å². The van der Waals surface area contributed by atoms with Gasteiger partial charge in [-0.15, -0.1) is 0 Å². The number of aryl methyl sites for hydroxylation is 1. The number of hydrogen-bond acceptors (Lipinski definition) is 0. The maximum Gasteiger partial charge on any atom is 0.180 e. The molecule has 0 atom stereocenters. The van der Waals surface area contributed by atoms with Crippen LogP contribution in [-0.2, 0) is 0 Å². The van der Waals surface area contributed by atoms with E-state index in [-0.39, 0.29) is 0 Å². The van der Waals surface area contributed by atoms with Crippen LogP contribution in [0.3, 0.4) is 0 Å². The van der Waals surface area contributed by atoms with Gasteiger partial charge in [-0.2, -0.15) is 0 Å². The summed E-state index contributed by atoms with van der Waals surface area (Å²) < 4.78 is 0. The van der Waals surface area contributed by atoms with Gasteiger partial charge in [-0.25, -0.2) is 0 Å². The van der Waals surface area contributed by atoms with E-state index in [4.69, 9.17) is 0 Å². The molecule has 0 N–H and O–H groups in total. The van der Waals surface area contributed by atoms with Gasteiger partial charge in [0.15, 0.2) is 8.07 Å². The minimum atomic E-state index is -2.49. The molecule has 160 valence electrons. The molecule has 0 fully saturated rings. The molecular weight excluding hydrogens is 424 g/mol. The van der Waals surface area contributed by atoms with E-state index in [0.717, 1.165) is 0 Å². The quantitative estimate of drug-likeness (QED) is 0.299. The molecule has 1 heteroatoms. The molecule has 0 bridgehead atoms. The smallest absolute Gasteiger partial charge is 0.0623 e. The Morgan fingerprint density at radius 3 is 1.41 bits per heavy atom. The lowest BCUT2D eigenvalue weighted by Gasteiger charge is -2.32. The lowest BCUT2D eigenvalue weighted by molar-refractivity contribution is 1.49. The number of rotatable bonds is 2. The first-order chi connectivity index (χ1) is 16.7. The van der Waals surface area contributed by atoms with Gasteiger partial charge in [-0.05, 0) is 72.5 Å². The third kappa shape index (κ3) is 2.65. The summed E-state index contributed by atoms with van der Waals surface area (Å²) in [6, 6.07) is 48.0. The fraction of sp³-hybridized carbons (Fsp3) is 0.0303. The molecule has 0 radical (unpaired) electrons. The Balaban J connectivity index is 1.72. The van der Waals surface area contributed by atoms with Crippen LogP contribution in [0.2, 0.25) is 0 Å². The lowest BCUT2D eigenvalue weighted by Crippen LogP contribution is -2.72. The number of fused-ring (bicyclic) bond motifs is 5. The van der Waals surface area contributed by atoms with Gasteiger partial charge >= 0.3 is 0 Å². The van der Waals surface area contributed by atoms with Crippen molar-refractivity contribution in [3.05, 3.63) is 133 Å². The molecule has 1 heterocycles. The minimum Gasteiger partial charge on any atom is -0.0623 e. The molecule has 7 rings (SSSR count). The first-order valence-corrected chi connectivity index (χ1v) is 13.9. The largest absolute Gasteiger partial charge is 0.180 e. The third-order valence-corrected chi connectivity index (χ3v) is 12.3. The molecule has 0 unspecified atom stereocenters. The topological polar surface area (TPSA) is 0 Å². The maximum absolute atomic E-state index is 2.50. The van der Waals surface area contributed by atoms with Gasteiger partial charge in [-0.3, -0.25) is 0 Å². The van der Waals surface area contributed by atoms with Crippen LogP contribution in [0.5, 0.6) is 0 Å². The van der Waals surface area contributed by atoms with E-state index in [1.165, 1.54) is 59.0 Å². The van der Waals surface area contributed by atoms with Crippen molar-refractivity contribution < 1.29 is 0 Å². The van der Waals surface area contributed by atoms with Crippen LogP contribution >= 0.6 is 0 Å². The average molecular weight is 449 g/mol. The van der Waals surface area contributed by atoms with E-state index in [1.807, 2.05) is 0 Å². The van der Waals surface area contributed by atoms with E-state index in [9.17, 15) is 0 Å². The van der Waals surface area contributed by atoms with E-state index in [2.05, 4.69) is 134 Å². The summed E-state index contributed by atoms with van der Waals surface area (Å²) >= 11 is 0. The second-order valence-corrected chi connectivity index (χ2v) is 13.2. The highest BCUT2D eigenvalue weighted by Gasteiger charge is 2.49. The Morgan fingerprint density at radius 2 is 0.882 bits per heavy atom. The van der Waals surface area contributed by atoms with Crippen LogP contribution in [0.15, 0.2) is 127 Å². The molecular formula is C33H24Si. The van der Waals surface area contributed by atoms with Gasteiger partial charge in [0, 0.05) is 0 Å². The van der Waals surface area contributed by atoms with Crippen LogP contribution in [-0.4, -0.2) is 8.07 Å². The molecule has 0 nitrogen and oxygen atoms in total. The Kier molecular flexibility index (Phi) is 4.18. The molecule has 0 aliphatic carbocycles. The Hall–Kier alpha value is -3.94. The van der Waals surface area contributed by atoms with Crippen molar-refractivity contribution in [2.75, 3.05) is 0 Å². The molecule has 0 saturated heterocycles. The maximum atomic E-state index is 2.50. The van der Waals surface area contributed by atoms with E-state index in [0.29, 0.717) is 0 Å². The molecule has 0 aromatic heterocycles. The predicted molar refractivity (Wildman–Crippen MR) is 149 cm³/mol. The summed E-state index contributed by atoms with van der Waals surface area (Å²) in [6.45, 7) is 2.22. The van der Waals surface area contributed by atoms with Gasteiger partial charge < -0.3 is 0 Å². The molecule has 34 heavy (non-hydrogen) atoms. The number of benzene rings is 6. The van der Waals surface area contributed by atoms with E-state index >= 15 is 0 Å². The van der Waals surface area contributed by atoms with Crippen molar-refractivity contribution in [2.24, 2.45) is 0 Å². The highest BCUT2D eigenvalue weighted by atomic mass is 28.3. The van der Waals surface area contributed by atoms with Crippen molar-refractivity contribution in [3.63, 3.8) is 0 Å². The minimum absolute atomic E-state index is 1.31. The van der Waals surface area contributed by atoms with Gasteiger partial charge in [0.1, 0.15) is 0 Å². The van der Waals surface area contributed by atoms with Gasteiger partial charge in [-0.1, -0.05) is 121 Å². The Bertz CT molecular complexity index is 1630. The van der Waals surface area contributed by atoms with Crippen molar-refractivity contribution >= 4 is 50.4 Å². The summed E-state index contributed by atoms with van der Waals surface area (Å²) in [5.74, 6) is 0. The zero-order valence-electron chi connectivity index (χ0n) is 19.1. The SMILES string of the molecule is Cc1cccc([Si]2(c3ccccc3)c3cc4ccccc4cc3-c3cc4ccccc4cc32)c1. The number of hydrogen-bond donors (Lipinski definition) is 0. The first kappa shape index (κ1) is 19.5. The fourth-order valence-corrected chi connectivity index (χ4v) is 11.4. The average Bonchev–Trinajstić information content (AvgIpc) is 3.15. The summed E-state index contributed by atoms with van der Waals surface area (Å²) in [5, 5.41) is 11.2. The van der Waals surface area contributed by atoms with Crippen LogP contribution in [0.25, 0.3) is 32.7 Å². The highest BCUT2D eigenvalue weighted by molar-refractivity contribution is 7.22. The van der Waals surface area contributed by atoms with Gasteiger partial charge in [0.05, 0.1) is 0 Å². The molecule has 6 aromatic carbocycles. The zero-order chi connectivity index (χ0) is 22.7. The third-order valence-electron chi connectivity index (χ3n) is 7.53. The first-order valence-electron chi connectivity index (χ1n) is 11.9. The monoisotopic (exact) mass is 448 g/mol. The summed E-state index contributed by atoms with van der Waals surface area (Å²) in [7, 11) is -2.49. The summed E-state index contributed by atoms with van der Waals surface area (Å²) in [6.07, 6.45) is 0. The highest BCUT2D eigenvalue weighted by Crippen LogP contribution is 2.34. The van der Waals surface area contributed by atoms with Crippen LogP contribution in [0.4, 0.5) is 0 Å². The van der Waals surface area contributed by atoms with Crippen LogP contribution in [0, 0.1) is 6.92 Å². The molecule has 0 saturated carbocycles. The van der Waals surface area contributed by atoms with Crippen molar-refractivity contribution in [3.8, 4) is 11.1 Å². The molecule has 1 aliphatic rings. The summed E-state index contributed by atoms with van der Waals surface area (Å²) in [4.78, 5) is 0. The van der Waals surface area contributed by atoms with Gasteiger partial charge in [0.2, 0.25) is 0 Å². The standard InChI is InChI=1S/C33H24Si/c1-23-10-9-17-29(18-23)34(28-15-3-2-4-16-28)32-21-26-13-7-5-11-24(26)19-30(32)31-20-25-12-6-8-14-27(25)22-33(31)34/h2-22H,1H3. The molecule has 0 spiro atoms. The second kappa shape index (κ2) is 7.28. The fourth-order valence-electron chi connectivity index (χ4n) is 6.05. The summed E-state index contributed by atoms with van der Waals surface area (Å²) in [5.41, 5.74) is 4.12. The van der Waals surface area contributed by atoms with Crippen LogP contribution < -0.4 is 20.7 Å². The van der Waals surface area contributed by atoms with Crippen molar-refractivity contribution in [1.29, 1.82) is 0 Å². The lowest BCUT2D eigenvalue weighted by atomic mass is 9.99. The second-order valence-electron chi connectivity index (χ2n) is 9.48. The Morgan fingerprint density at radius 1 is 0.412 bits per heavy atom. The molecule has 0 amide bonds. The molecule has 1 aliphatic heterocycles. The normalized spacial score (nSPS) is 13.7. The zero-order valence-corrected chi connectivity index (χ0v) is 20.1. The predicted octanol–water partition coefficient (Wildman–Crippen LogP) is 5.66. The van der Waals surface area contributed by atoms with Crippen molar-refractivity contribution in [2.45, 2.75) is 6.92 Å². The van der Waals surface area contributed by atoms with Gasteiger partial charge in [0.25, 0.3) is 0 Å². The van der Waals surface area contributed by atoms with E-state index in [1.54, 1.807) is 0 Å².